The monoisotopic (exact) mass is 577 g/mol. The van der Waals surface area contributed by atoms with Crippen molar-refractivity contribution in [2.45, 2.75) is 13.0 Å². The lowest BCUT2D eigenvalue weighted by molar-refractivity contribution is -0.117. The summed E-state index contributed by atoms with van der Waals surface area (Å²) in [6.07, 6.45) is 0. The second kappa shape index (κ2) is 9.90. The highest BCUT2D eigenvalue weighted by Crippen LogP contribution is 2.47. The Labute approximate surface area is 227 Å². The van der Waals surface area contributed by atoms with E-state index in [4.69, 9.17) is 18.6 Å². The number of anilines is 1. The quantitative estimate of drug-likeness (QED) is 0.257. The molecule has 1 amide bonds. The standard InChI is InChI=1S/C29H24BrNO7/c1-15-5-8-19(9-6-15)31-25(17-13-22(35-2)28(37-4)23(14-17)36-3)24(27(33)29(31)34)26(32)21-12-16-11-18(30)7-10-20(16)38-21/h5-14,25,33H,1-4H3. The summed E-state index contributed by atoms with van der Waals surface area (Å²) in [6.45, 7) is 1.93. The Morgan fingerprint density at radius 1 is 0.947 bits per heavy atom. The number of carbonyl (C=O) groups is 2. The van der Waals surface area contributed by atoms with E-state index >= 15 is 0 Å². The average molecular weight is 578 g/mol. The van der Waals surface area contributed by atoms with Crippen molar-refractivity contribution in [2.75, 3.05) is 26.2 Å². The average Bonchev–Trinajstić information content (AvgIpc) is 3.46. The van der Waals surface area contributed by atoms with Crippen LogP contribution in [0.1, 0.15) is 27.7 Å². The van der Waals surface area contributed by atoms with Gasteiger partial charge in [0.25, 0.3) is 5.91 Å². The van der Waals surface area contributed by atoms with Gasteiger partial charge in [0.15, 0.2) is 23.0 Å². The zero-order valence-electron chi connectivity index (χ0n) is 21.1. The zero-order valence-corrected chi connectivity index (χ0v) is 22.7. The lowest BCUT2D eigenvalue weighted by Crippen LogP contribution is -2.31. The number of fused-ring (bicyclic) bond motifs is 1. The SMILES string of the molecule is COc1cc(C2C(C(=O)c3cc4cc(Br)ccc4o3)=C(O)C(=O)N2c2ccc(C)cc2)cc(OC)c1OC. The topological polar surface area (TPSA) is 98.4 Å². The minimum Gasteiger partial charge on any atom is -0.503 e. The number of methoxy groups -OCH3 is 3. The van der Waals surface area contributed by atoms with Crippen LogP contribution in [0.5, 0.6) is 17.2 Å². The minimum absolute atomic E-state index is 0.00403. The van der Waals surface area contributed by atoms with Gasteiger partial charge in [0.2, 0.25) is 11.5 Å². The van der Waals surface area contributed by atoms with E-state index in [-0.39, 0.29) is 11.3 Å². The molecule has 0 spiro atoms. The smallest absolute Gasteiger partial charge is 0.294 e. The molecular weight excluding hydrogens is 554 g/mol. The molecule has 38 heavy (non-hydrogen) atoms. The molecule has 2 heterocycles. The van der Waals surface area contributed by atoms with Crippen molar-refractivity contribution in [3.05, 3.63) is 93.4 Å². The molecule has 1 aliphatic rings. The number of furan rings is 1. The normalized spacial score (nSPS) is 15.3. The van der Waals surface area contributed by atoms with Gasteiger partial charge in [-0.1, -0.05) is 33.6 Å². The molecule has 9 heteroatoms. The Kier molecular flexibility index (Phi) is 6.62. The molecule has 1 N–H and O–H groups in total. The number of aliphatic hydroxyl groups excluding tert-OH is 1. The number of benzene rings is 3. The third kappa shape index (κ3) is 4.18. The first-order valence-electron chi connectivity index (χ1n) is 11.6. The first kappa shape index (κ1) is 25.4. The lowest BCUT2D eigenvalue weighted by Gasteiger charge is -2.28. The summed E-state index contributed by atoms with van der Waals surface area (Å²) in [5.41, 5.74) is 2.34. The number of amides is 1. The molecule has 194 valence electrons. The third-order valence-electron chi connectivity index (χ3n) is 6.47. The molecule has 0 aliphatic carbocycles. The molecule has 1 unspecified atom stereocenters. The molecule has 0 saturated carbocycles. The van der Waals surface area contributed by atoms with E-state index in [2.05, 4.69) is 15.9 Å². The lowest BCUT2D eigenvalue weighted by atomic mass is 9.94. The molecule has 0 saturated heterocycles. The van der Waals surface area contributed by atoms with E-state index in [0.717, 1.165) is 10.0 Å². The number of rotatable bonds is 7. The Balaban J connectivity index is 1.71. The van der Waals surface area contributed by atoms with Crippen LogP contribution < -0.4 is 19.1 Å². The van der Waals surface area contributed by atoms with Gasteiger partial charge in [-0.25, -0.2) is 0 Å². The number of carbonyl (C=O) groups excluding carboxylic acids is 2. The Morgan fingerprint density at radius 2 is 1.61 bits per heavy atom. The molecule has 0 bridgehead atoms. The van der Waals surface area contributed by atoms with E-state index in [0.29, 0.717) is 39.5 Å². The van der Waals surface area contributed by atoms with Crippen LogP contribution in [0.4, 0.5) is 5.69 Å². The van der Waals surface area contributed by atoms with E-state index < -0.39 is 23.5 Å². The summed E-state index contributed by atoms with van der Waals surface area (Å²) < 4.78 is 23.2. The van der Waals surface area contributed by atoms with Crippen LogP contribution in [-0.4, -0.2) is 38.1 Å². The van der Waals surface area contributed by atoms with Crippen LogP contribution in [0, 0.1) is 6.92 Å². The summed E-state index contributed by atoms with van der Waals surface area (Å²) in [5, 5.41) is 11.8. The number of aliphatic hydroxyl groups is 1. The molecule has 1 aliphatic heterocycles. The second-order valence-electron chi connectivity index (χ2n) is 8.76. The molecule has 5 rings (SSSR count). The number of aryl methyl sites for hydroxylation is 1. The summed E-state index contributed by atoms with van der Waals surface area (Å²) in [4.78, 5) is 28.8. The van der Waals surface area contributed by atoms with Crippen LogP contribution in [0.3, 0.4) is 0 Å². The number of halogens is 1. The highest BCUT2D eigenvalue weighted by atomic mass is 79.9. The van der Waals surface area contributed by atoms with Crippen molar-refractivity contribution >= 4 is 44.3 Å². The predicted octanol–water partition coefficient (Wildman–Crippen LogP) is 6.31. The molecule has 1 atom stereocenters. The van der Waals surface area contributed by atoms with Gasteiger partial charge in [-0.15, -0.1) is 0 Å². The summed E-state index contributed by atoms with van der Waals surface area (Å²) >= 11 is 3.42. The Bertz CT molecular complexity index is 1580. The van der Waals surface area contributed by atoms with E-state index in [9.17, 15) is 14.7 Å². The van der Waals surface area contributed by atoms with Crippen molar-refractivity contribution in [3.63, 3.8) is 0 Å². The van der Waals surface area contributed by atoms with E-state index in [1.807, 2.05) is 25.1 Å². The predicted molar refractivity (Wildman–Crippen MR) is 145 cm³/mol. The summed E-state index contributed by atoms with van der Waals surface area (Å²) in [6, 6.07) is 16.5. The number of ether oxygens (including phenoxy) is 3. The largest absolute Gasteiger partial charge is 0.503 e. The van der Waals surface area contributed by atoms with Gasteiger partial charge in [0.1, 0.15) is 5.58 Å². The zero-order chi connectivity index (χ0) is 27.1. The second-order valence-corrected chi connectivity index (χ2v) is 9.67. The summed E-state index contributed by atoms with van der Waals surface area (Å²) in [5.74, 6) is -0.957. The third-order valence-corrected chi connectivity index (χ3v) is 6.96. The molecule has 1 aromatic heterocycles. The maximum absolute atomic E-state index is 13.9. The van der Waals surface area contributed by atoms with Crippen LogP contribution >= 0.6 is 15.9 Å². The van der Waals surface area contributed by atoms with Crippen molar-refractivity contribution in [3.8, 4) is 17.2 Å². The van der Waals surface area contributed by atoms with Gasteiger partial charge in [0.05, 0.1) is 32.9 Å². The maximum atomic E-state index is 13.9. The first-order chi connectivity index (χ1) is 18.3. The molecule has 4 aromatic rings. The molecular formula is C29H24BrNO7. The van der Waals surface area contributed by atoms with Gasteiger partial charge in [-0.05, 0) is 61.0 Å². The molecule has 3 aromatic carbocycles. The van der Waals surface area contributed by atoms with Crippen LogP contribution in [-0.2, 0) is 4.79 Å². The highest BCUT2D eigenvalue weighted by Gasteiger charge is 2.46. The molecule has 8 nitrogen and oxygen atoms in total. The Morgan fingerprint density at radius 3 is 2.21 bits per heavy atom. The number of hydrogen-bond acceptors (Lipinski definition) is 7. The van der Waals surface area contributed by atoms with E-state index in [1.54, 1.807) is 42.5 Å². The van der Waals surface area contributed by atoms with Gasteiger partial charge in [0, 0.05) is 15.5 Å². The fourth-order valence-corrected chi connectivity index (χ4v) is 5.02. The highest BCUT2D eigenvalue weighted by molar-refractivity contribution is 9.10. The van der Waals surface area contributed by atoms with Gasteiger partial charge >= 0.3 is 0 Å². The fraction of sp³-hybridized carbons (Fsp3) is 0.172. The van der Waals surface area contributed by atoms with Gasteiger partial charge in [-0.3, -0.25) is 14.5 Å². The number of nitrogens with zero attached hydrogens (tertiary/aromatic N) is 1. The molecule has 0 radical (unpaired) electrons. The van der Waals surface area contributed by atoms with E-state index in [1.165, 1.54) is 26.2 Å². The van der Waals surface area contributed by atoms with Crippen molar-refractivity contribution in [2.24, 2.45) is 0 Å². The van der Waals surface area contributed by atoms with Crippen LogP contribution in [0.2, 0.25) is 0 Å². The number of Topliss-reactive ketones (excluding diaryl/α,β-unsaturated/α-hetero) is 1. The Hall–Kier alpha value is -4.24. The van der Waals surface area contributed by atoms with Gasteiger partial charge in [-0.2, -0.15) is 0 Å². The maximum Gasteiger partial charge on any atom is 0.294 e. The van der Waals surface area contributed by atoms with Gasteiger partial charge < -0.3 is 23.7 Å². The summed E-state index contributed by atoms with van der Waals surface area (Å²) in [7, 11) is 4.44. The first-order valence-corrected chi connectivity index (χ1v) is 12.4. The van der Waals surface area contributed by atoms with Crippen LogP contribution in [0.25, 0.3) is 11.0 Å². The number of hydrogen-bond donors (Lipinski definition) is 1. The van der Waals surface area contributed by atoms with Crippen molar-refractivity contribution in [1.82, 2.24) is 0 Å². The van der Waals surface area contributed by atoms with Crippen molar-refractivity contribution in [1.29, 1.82) is 0 Å². The molecule has 0 fully saturated rings. The minimum atomic E-state index is -1.01. The number of ketones is 1. The van der Waals surface area contributed by atoms with Crippen molar-refractivity contribution < 1.29 is 33.3 Å². The van der Waals surface area contributed by atoms with Crippen LogP contribution in [0.15, 0.2) is 80.9 Å². The fourth-order valence-electron chi connectivity index (χ4n) is 4.64.